The summed E-state index contributed by atoms with van der Waals surface area (Å²) in [5.41, 5.74) is 5.85. The molecule has 0 saturated heterocycles. The van der Waals surface area contributed by atoms with Gasteiger partial charge in [-0.3, -0.25) is 0 Å². The maximum atomic E-state index is 4.60. The fraction of sp³-hybridized carbons (Fsp3) is 0.250. The molecule has 0 amide bonds. The van der Waals surface area contributed by atoms with Crippen molar-refractivity contribution in [2.24, 2.45) is 0 Å². The van der Waals surface area contributed by atoms with Gasteiger partial charge in [-0.2, -0.15) is 10.1 Å². The highest BCUT2D eigenvalue weighted by Crippen LogP contribution is 2.22. The summed E-state index contributed by atoms with van der Waals surface area (Å²) in [6, 6.07) is 8.00. The van der Waals surface area contributed by atoms with Crippen molar-refractivity contribution in [3.63, 3.8) is 0 Å². The molecule has 1 aromatic carbocycles. The predicted molar refractivity (Wildman–Crippen MR) is 85.2 cm³/mol. The first-order valence-corrected chi connectivity index (χ1v) is 7.35. The molecule has 0 bridgehead atoms. The normalized spacial score (nSPS) is 11.6. The molecule has 0 saturated carbocycles. The molecule has 0 radical (unpaired) electrons. The van der Waals surface area contributed by atoms with Crippen LogP contribution in [-0.4, -0.2) is 29.9 Å². The highest BCUT2D eigenvalue weighted by molar-refractivity contribution is 6.03. The summed E-state index contributed by atoms with van der Waals surface area (Å²) in [6.45, 7) is 6.18. The average molecular weight is 292 g/mol. The molecule has 1 N–H and O–H groups in total. The van der Waals surface area contributed by atoms with E-state index in [1.54, 1.807) is 4.68 Å². The summed E-state index contributed by atoms with van der Waals surface area (Å²) < 4.78 is 1.77. The summed E-state index contributed by atoms with van der Waals surface area (Å²) in [6.07, 6.45) is 0.944. The fourth-order valence-electron chi connectivity index (χ4n) is 2.98. The van der Waals surface area contributed by atoms with Crippen molar-refractivity contribution in [1.29, 1.82) is 0 Å². The van der Waals surface area contributed by atoms with Crippen LogP contribution < -0.4 is 0 Å². The Labute approximate surface area is 127 Å². The maximum absolute atomic E-state index is 4.60. The summed E-state index contributed by atoms with van der Waals surface area (Å²) >= 11 is 0. The number of aromatic nitrogens is 6. The molecule has 6 nitrogen and oxygen atoms in total. The van der Waals surface area contributed by atoms with Gasteiger partial charge in [0.15, 0.2) is 5.65 Å². The number of benzene rings is 1. The van der Waals surface area contributed by atoms with Crippen LogP contribution in [0, 0.1) is 13.8 Å². The van der Waals surface area contributed by atoms with Gasteiger partial charge in [0.2, 0.25) is 0 Å². The first-order chi connectivity index (χ1) is 10.7. The smallest absolute Gasteiger partial charge is 0.272 e. The second-order valence-electron chi connectivity index (χ2n) is 5.39. The Balaban J connectivity index is 1.95. The summed E-state index contributed by atoms with van der Waals surface area (Å²) in [5.74, 6) is 0.499. The number of rotatable bonds is 2. The van der Waals surface area contributed by atoms with E-state index >= 15 is 0 Å². The van der Waals surface area contributed by atoms with Crippen LogP contribution in [0.15, 0.2) is 24.3 Å². The molecule has 110 valence electrons. The third kappa shape index (κ3) is 1.73. The second-order valence-corrected chi connectivity index (χ2v) is 5.39. The van der Waals surface area contributed by atoms with Gasteiger partial charge in [0, 0.05) is 16.6 Å². The van der Waals surface area contributed by atoms with Crippen LogP contribution in [0.3, 0.4) is 0 Å². The minimum Gasteiger partial charge on any atom is -0.338 e. The Morgan fingerprint density at radius 1 is 1.14 bits per heavy atom. The van der Waals surface area contributed by atoms with E-state index in [0.717, 1.165) is 39.9 Å². The molecule has 4 rings (SSSR count). The number of aryl methyl sites for hydroxylation is 1. The van der Waals surface area contributed by atoms with Gasteiger partial charge in [-0.05, 0) is 31.9 Å². The van der Waals surface area contributed by atoms with Crippen molar-refractivity contribution in [1.82, 2.24) is 29.9 Å². The van der Waals surface area contributed by atoms with Gasteiger partial charge in [-0.15, -0.1) is 10.2 Å². The Bertz CT molecular complexity index is 995. The minimum atomic E-state index is 0.499. The highest BCUT2D eigenvalue weighted by atomic mass is 15.4. The van der Waals surface area contributed by atoms with Crippen LogP contribution in [-0.2, 0) is 6.42 Å². The molecule has 0 fully saturated rings. The molecule has 0 aliphatic carbocycles. The number of para-hydroxylation sites is 1. The van der Waals surface area contributed by atoms with Gasteiger partial charge in [-0.25, -0.2) is 4.68 Å². The maximum Gasteiger partial charge on any atom is 0.272 e. The first kappa shape index (κ1) is 12.9. The van der Waals surface area contributed by atoms with E-state index in [-0.39, 0.29) is 0 Å². The molecule has 0 unspecified atom stereocenters. The van der Waals surface area contributed by atoms with Crippen molar-refractivity contribution in [3.05, 3.63) is 41.2 Å². The molecule has 0 atom stereocenters. The molecule has 0 spiro atoms. The number of hydrogen-bond acceptors (Lipinski definition) is 4. The van der Waals surface area contributed by atoms with Crippen molar-refractivity contribution >= 4 is 22.1 Å². The minimum absolute atomic E-state index is 0.499. The molecular weight excluding hydrogens is 276 g/mol. The van der Waals surface area contributed by atoms with E-state index in [0.29, 0.717) is 5.95 Å². The Hall–Kier alpha value is -2.76. The Morgan fingerprint density at radius 3 is 2.73 bits per heavy atom. The van der Waals surface area contributed by atoms with Gasteiger partial charge < -0.3 is 4.98 Å². The van der Waals surface area contributed by atoms with Crippen molar-refractivity contribution in [2.45, 2.75) is 27.2 Å². The first-order valence-electron chi connectivity index (χ1n) is 7.35. The SMILES string of the molecule is CCc1c(C)nn(-c2nnc3c(n2)[nH]c2ccccc23)c1C. The predicted octanol–water partition coefficient (Wildman–Crippen LogP) is 2.87. The molecule has 6 heteroatoms. The van der Waals surface area contributed by atoms with E-state index in [1.807, 2.05) is 38.1 Å². The molecular formula is C16H16N6. The molecule has 0 aliphatic heterocycles. The Morgan fingerprint density at radius 2 is 1.95 bits per heavy atom. The Kier molecular flexibility index (Phi) is 2.72. The standard InChI is InChI=1S/C16H16N6/c1-4-11-9(2)21-22(10(11)3)16-18-15-14(19-20-16)12-7-5-6-8-13(12)17-15/h5-8H,4H2,1-3H3,(H,17,18,20). The molecule has 4 aromatic rings. The summed E-state index contributed by atoms with van der Waals surface area (Å²) in [5, 5.41) is 14.2. The average Bonchev–Trinajstić information content (AvgIpc) is 3.03. The third-order valence-electron chi connectivity index (χ3n) is 4.09. The highest BCUT2D eigenvalue weighted by Gasteiger charge is 2.15. The van der Waals surface area contributed by atoms with Crippen LogP contribution in [0.2, 0.25) is 0 Å². The fourth-order valence-corrected chi connectivity index (χ4v) is 2.98. The second kappa shape index (κ2) is 4.62. The molecule has 22 heavy (non-hydrogen) atoms. The topological polar surface area (TPSA) is 72.3 Å². The van der Waals surface area contributed by atoms with E-state index < -0.39 is 0 Å². The van der Waals surface area contributed by atoms with Crippen LogP contribution >= 0.6 is 0 Å². The van der Waals surface area contributed by atoms with Crippen molar-refractivity contribution < 1.29 is 0 Å². The largest absolute Gasteiger partial charge is 0.338 e. The van der Waals surface area contributed by atoms with Crippen LogP contribution in [0.1, 0.15) is 23.9 Å². The molecule has 3 heterocycles. The lowest BCUT2D eigenvalue weighted by molar-refractivity contribution is 0.756. The number of fused-ring (bicyclic) bond motifs is 3. The number of nitrogens with zero attached hydrogens (tertiary/aromatic N) is 5. The zero-order valence-electron chi connectivity index (χ0n) is 12.8. The summed E-state index contributed by atoms with van der Waals surface area (Å²) in [4.78, 5) is 7.89. The van der Waals surface area contributed by atoms with E-state index in [4.69, 9.17) is 0 Å². The van der Waals surface area contributed by atoms with Crippen LogP contribution in [0.5, 0.6) is 0 Å². The monoisotopic (exact) mass is 292 g/mol. The molecule has 3 aromatic heterocycles. The lowest BCUT2D eigenvalue weighted by Gasteiger charge is -2.02. The van der Waals surface area contributed by atoms with E-state index in [1.165, 1.54) is 5.56 Å². The lowest BCUT2D eigenvalue weighted by Crippen LogP contribution is -2.06. The van der Waals surface area contributed by atoms with E-state index in [2.05, 4.69) is 32.2 Å². The van der Waals surface area contributed by atoms with Gasteiger partial charge in [0.1, 0.15) is 5.52 Å². The van der Waals surface area contributed by atoms with Gasteiger partial charge in [0.05, 0.1) is 5.69 Å². The van der Waals surface area contributed by atoms with Gasteiger partial charge >= 0.3 is 0 Å². The summed E-state index contributed by atoms with van der Waals surface area (Å²) in [7, 11) is 0. The van der Waals surface area contributed by atoms with Crippen molar-refractivity contribution in [3.8, 4) is 5.95 Å². The number of nitrogens with one attached hydrogen (secondary N) is 1. The van der Waals surface area contributed by atoms with Gasteiger partial charge in [-0.1, -0.05) is 25.1 Å². The van der Waals surface area contributed by atoms with Crippen LogP contribution in [0.25, 0.3) is 28.0 Å². The number of hydrogen-bond donors (Lipinski definition) is 1. The number of H-pyrrole nitrogens is 1. The zero-order valence-corrected chi connectivity index (χ0v) is 12.8. The van der Waals surface area contributed by atoms with Crippen molar-refractivity contribution in [2.75, 3.05) is 0 Å². The third-order valence-corrected chi connectivity index (χ3v) is 4.09. The quantitative estimate of drug-likeness (QED) is 0.616. The zero-order chi connectivity index (χ0) is 15.3. The lowest BCUT2D eigenvalue weighted by atomic mass is 10.1. The van der Waals surface area contributed by atoms with E-state index in [9.17, 15) is 0 Å². The number of aromatic amines is 1. The molecule has 0 aliphatic rings. The van der Waals surface area contributed by atoms with Gasteiger partial charge in [0.25, 0.3) is 5.95 Å². The van der Waals surface area contributed by atoms with Crippen LogP contribution in [0.4, 0.5) is 0 Å².